The van der Waals surface area contributed by atoms with Crippen LogP contribution in [0.25, 0.3) is 0 Å². The van der Waals surface area contributed by atoms with Crippen LogP contribution in [0.3, 0.4) is 0 Å². The summed E-state index contributed by atoms with van der Waals surface area (Å²) >= 11 is 9.33. The molecule has 100 valence electrons. The summed E-state index contributed by atoms with van der Waals surface area (Å²) in [6.07, 6.45) is 0. The van der Waals surface area contributed by atoms with Gasteiger partial charge in [0.15, 0.2) is 0 Å². The van der Waals surface area contributed by atoms with Crippen molar-refractivity contribution in [3.05, 3.63) is 41.4 Å². The first-order chi connectivity index (χ1) is 9.10. The number of rotatable bonds is 4. The maximum atomic E-state index is 6.00. The van der Waals surface area contributed by atoms with Gasteiger partial charge in [-0.15, -0.1) is 11.8 Å². The standard InChI is InChI=1S/C14H15ClN2S2/c1-2-18-13-8-10(4-6-11(13)16)19-14-7-9(15)3-5-12(14)17/h3-8H,2,16-17H2,1H3. The summed E-state index contributed by atoms with van der Waals surface area (Å²) in [5.41, 5.74) is 13.4. The van der Waals surface area contributed by atoms with Gasteiger partial charge >= 0.3 is 0 Å². The molecule has 2 aromatic rings. The van der Waals surface area contributed by atoms with E-state index in [1.807, 2.05) is 24.3 Å². The smallest absolute Gasteiger partial charge is 0.0456 e. The van der Waals surface area contributed by atoms with E-state index in [0.29, 0.717) is 5.02 Å². The number of hydrogen-bond acceptors (Lipinski definition) is 4. The Hall–Kier alpha value is -0.970. The van der Waals surface area contributed by atoms with Gasteiger partial charge in [0.2, 0.25) is 0 Å². The van der Waals surface area contributed by atoms with E-state index in [9.17, 15) is 0 Å². The van der Waals surface area contributed by atoms with E-state index in [0.717, 1.165) is 31.8 Å². The summed E-state index contributed by atoms with van der Waals surface area (Å²) in [4.78, 5) is 3.18. The summed E-state index contributed by atoms with van der Waals surface area (Å²) in [6.45, 7) is 2.11. The number of anilines is 2. The van der Waals surface area contributed by atoms with E-state index in [1.54, 1.807) is 29.6 Å². The Morgan fingerprint density at radius 2 is 1.68 bits per heavy atom. The van der Waals surface area contributed by atoms with E-state index in [1.165, 1.54) is 0 Å². The Kier molecular flexibility index (Phi) is 4.91. The fraction of sp³-hybridized carbons (Fsp3) is 0.143. The molecule has 0 amide bonds. The molecule has 4 N–H and O–H groups in total. The monoisotopic (exact) mass is 310 g/mol. The van der Waals surface area contributed by atoms with Crippen molar-refractivity contribution < 1.29 is 0 Å². The van der Waals surface area contributed by atoms with Crippen molar-refractivity contribution in [2.75, 3.05) is 17.2 Å². The number of halogens is 1. The van der Waals surface area contributed by atoms with E-state index in [2.05, 4.69) is 13.0 Å². The number of thioether (sulfide) groups is 1. The lowest BCUT2D eigenvalue weighted by molar-refractivity contribution is 1.32. The average molecular weight is 311 g/mol. The van der Waals surface area contributed by atoms with E-state index < -0.39 is 0 Å². The van der Waals surface area contributed by atoms with Crippen molar-refractivity contribution in [1.82, 2.24) is 0 Å². The van der Waals surface area contributed by atoms with Crippen LogP contribution in [-0.2, 0) is 0 Å². The average Bonchev–Trinajstić information content (AvgIpc) is 2.38. The van der Waals surface area contributed by atoms with Crippen LogP contribution in [0.1, 0.15) is 6.92 Å². The lowest BCUT2D eigenvalue weighted by Crippen LogP contribution is -1.90. The molecule has 2 rings (SSSR count). The first-order valence-electron chi connectivity index (χ1n) is 5.85. The van der Waals surface area contributed by atoms with E-state index in [4.69, 9.17) is 23.1 Å². The van der Waals surface area contributed by atoms with E-state index >= 15 is 0 Å². The Balaban J connectivity index is 2.28. The molecule has 2 nitrogen and oxygen atoms in total. The largest absolute Gasteiger partial charge is 0.398 e. The molecule has 0 radical (unpaired) electrons. The van der Waals surface area contributed by atoms with Crippen LogP contribution in [0.5, 0.6) is 0 Å². The van der Waals surface area contributed by atoms with Crippen LogP contribution in [0, 0.1) is 0 Å². The van der Waals surface area contributed by atoms with Crippen molar-refractivity contribution in [3.8, 4) is 0 Å². The quantitative estimate of drug-likeness (QED) is 0.631. The third-order valence-electron chi connectivity index (χ3n) is 2.49. The Labute approximate surface area is 126 Å². The number of nitrogen functional groups attached to an aromatic ring is 2. The molecule has 0 saturated carbocycles. The zero-order chi connectivity index (χ0) is 13.8. The molecule has 0 aliphatic heterocycles. The van der Waals surface area contributed by atoms with Crippen LogP contribution in [0.4, 0.5) is 11.4 Å². The van der Waals surface area contributed by atoms with Gasteiger partial charge in [-0.25, -0.2) is 0 Å². The van der Waals surface area contributed by atoms with Gasteiger partial charge in [0.25, 0.3) is 0 Å². The zero-order valence-corrected chi connectivity index (χ0v) is 12.9. The second-order valence-electron chi connectivity index (χ2n) is 3.92. The van der Waals surface area contributed by atoms with Crippen LogP contribution in [0.15, 0.2) is 51.1 Å². The van der Waals surface area contributed by atoms with Crippen LogP contribution in [-0.4, -0.2) is 5.75 Å². The molecular weight excluding hydrogens is 296 g/mol. The van der Waals surface area contributed by atoms with Gasteiger partial charge in [-0.2, -0.15) is 0 Å². The minimum Gasteiger partial charge on any atom is -0.398 e. The number of nitrogens with two attached hydrogens (primary N) is 2. The zero-order valence-electron chi connectivity index (χ0n) is 10.5. The minimum absolute atomic E-state index is 0.690. The fourth-order valence-corrected chi connectivity index (χ4v) is 3.59. The highest BCUT2D eigenvalue weighted by Gasteiger charge is 2.06. The van der Waals surface area contributed by atoms with Gasteiger partial charge in [-0.3, -0.25) is 0 Å². The normalized spacial score (nSPS) is 10.6. The summed E-state index contributed by atoms with van der Waals surface area (Å²) in [5.74, 6) is 0.998. The van der Waals surface area contributed by atoms with Gasteiger partial charge < -0.3 is 11.5 Å². The van der Waals surface area contributed by atoms with Crippen LogP contribution < -0.4 is 11.5 Å². The Morgan fingerprint density at radius 1 is 1.00 bits per heavy atom. The van der Waals surface area contributed by atoms with Gasteiger partial charge in [-0.05, 0) is 42.2 Å². The van der Waals surface area contributed by atoms with Crippen molar-refractivity contribution >= 4 is 46.5 Å². The van der Waals surface area contributed by atoms with Crippen LogP contribution in [0.2, 0.25) is 5.02 Å². The molecule has 0 unspecified atom stereocenters. The number of hydrogen-bond donors (Lipinski definition) is 2. The first kappa shape index (κ1) is 14.4. The summed E-state index contributed by atoms with van der Waals surface area (Å²) in [7, 11) is 0. The Bertz CT molecular complexity index is 588. The molecule has 2 aromatic carbocycles. The second-order valence-corrected chi connectivity index (χ2v) is 6.77. The van der Waals surface area contributed by atoms with Crippen molar-refractivity contribution in [2.45, 2.75) is 21.6 Å². The first-order valence-corrected chi connectivity index (χ1v) is 8.03. The van der Waals surface area contributed by atoms with Gasteiger partial charge in [0, 0.05) is 31.1 Å². The predicted octanol–water partition coefficient (Wildman–Crippen LogP) is 4.77. The molecule has 5 heteroatoms. The molecule has 0 heterocycles. The SMILES string of the molecule is CCSc1cc(Sc2cc(Cl)ccc2N)ccc1N. The van der Waals surface area contributed by atoms with Gasteiger partial charge in [0.05, 0.1) is 0 Å². The third-order valence-corrected chi connectivity index (χ3v) is 4.74. The molecule has 0 bridgehead atoms. The Morgan fingerprint density at radius 3 is 2.42 bits per heavy atom. The predicted molar refractivity (Wildman–Crippen MR) is 87.2 cm³/mol. The van der Waals surface area contributed by atoms with Crippen molar-refractivity contribution in [1.29, 1.82) is 0 Å². The summed E-state index contributed by atoms with van der Waals surface area (Å²) in [6, 6.07) is 11.5. The van der Waals surface area contributed by atoms with Gasteiger partial charge in [0.1, 0.15) is 0 Å². The molecule has 0 aliphatic rings. The number of benzene rings is 2. The maximum absolute atomic E-state index is 6.00. The highest BCUT2D eigenvalue weighted by molar-refractivity contribution is 8.00. The van der Waals surface area contributed by atoms with Crippen LogP contribution >= 0.6 is 35.1 Å². The van der Waals surface area contributed by atoms with Crippen molar-refractivity contribution in [2.24, 2.45) is 0 Å². The highest BCUT2D eigenvalue weighted by atomic mass is 35.5. The molecule has 19 heavy (non-hydrogen) atoms. The molecule has 0 atom stereocenters. The molecule has 0 fully saturated rings. The summed E-state index contributed by atoms with van der Waals surface area (Å²) < 4.78 is 0. The maximum Gasteiger partial charge on any atom is 0.0456 e. The molecule has 0 spiro atoms. The lowest BCUT2D eigenvalue weighted by atomic mass is 10.3. The molecule has 0 saturated heterocycles. The highest BCUT2D eigenvalue weighted by Crippen LogP contribution is 2.37. The van der Waals surface area contributed by atoms with Gasteiger partial charge in [-0.1, -0.05) is 30.3 Å². The molecule has 0 aromatic heterocycles. The summed E-state index contributed by atoms with van der Waals surface area (Å²) in [5, 5.41) is 0.690. The topological polar surface area (TPSA) is 52.0 Å². The molecule has 0 aliphatic carbocycles. The fourth-order valence-electron chi connectivity index (χ4n) is 1.58. The minimum atomic E-state index is 0.690. The third kappa shape index (κ3) is 3.75. The lowest BCUT2D eigenvalue weighted by Gasteiger charge is -2.09. The second kappa shape index (κ2) is 6.46. The molecular formula is C14H15ClN2S2. The van der Waals surface area contributed by atoms with Crippen molar-refractivity contribution in [3.63, 3.8) is 0 Å². The van der Waals surface area contributed by atoms with E-state index in [-0.39, 0.29) is 0 Å².